The van der Waals surface area contributed by atoms with Gasteiger partial charge in [-0.3, -0.25) is 4.79 Å². The summed E-state index contributed by atoms with van der Waals surface area (Å²) < 4.78 is 0. The van der Waals surface area contributed by atoms with Gasteiger partial charge in [0.2, 0.25) is 6.17 Å². The fourth-order valence-corrected chi connectivity index (χ4v) is 3.97. The number of anilines is 2. The minimum atomic E-state index is -1.17. The highest BCUT2D eigenvalue weighted by Gasteiger charge is 2.31. The highest BCUT2D eigenvalue weighted by molar-refractivity contribution is 6.36. The number of carbonyl (C=O) groups excluding carboxylic acids is 2. The predicted molar refractivity (Wildman–Crippen MR) is 129 cm³/mol. The largest absolute Gasteiger partial charge is 0.321 e. The Morgan fingerprint density at radius 3 is 2.38 bits per heavy atom. The number of carbonyl (C=O) groups is 2. The molecule has 2 N–H and O–H groups in total. The summed E-state index contributed by atoms with van der Waals surface area (Å²) in [5.74, 6) is -0.406. The first kappa shape index (κ1) is 22.1. The SMILES string of the molecule is CN1C(=O)C(NC(=O)Nc2ccc(Cl)cc2Cl)N=C(c2ccccc2)c2cc(Cl)ccc21. The number of fused-ring (bicyclic) bond motifs is 1. The van der Waals surface area contributed by atoms with Gasteiger partial charge in [-0.2, -0.15) is 0 Å². The Kier molecular flexibility index (Phi) is 6.37. The van der Waals surface area contributed by atoms with E-state index in [1.165, 1.54) is 11.0 Å². The minimum Gasteiger partial charge on any atom is -0.311 e. The molecule has 162 valence electrons. The summed E-state index contributed by atoms with van der Waals surface area (Å²) in [7, 11) is 1.63. The molecule has 0 saturated heterocycles. The third-order valence-corrected chi connectivity index (χ3v) is 5.68. The number of hydrogen-bond acceptors (Lipinski definition) is 3. The number of benzodiazepines with no additional fused rings is 1. The number of halogens is 3. The Morgan fingerprint density at radius 2 is 1.66 bits per heavy atom. The maximum atomic E-state index is 13.2. The Labute approximate surface area is 199 Å². The maximum Gasteiger partial charge on any atom is 0.321 e. The quantitative estimate of drug-likeness (QED) is 0.504. The van der Waals surface area contributed by atoms with Crippen molar-refractivity contribution in [3.63, 3.8) is 0 Å². The number of rotatable bonds is 3. The third-order valence-electron chi connectivity index (χ3n) is 4.89. The van der Waals surface area contributed by atoms with Gasteiger partial charge in [0, 0.05) is 28.2 Å². The van der Waals surface area contributed by atoms with Gasteiger partial charge in [0.05, 0.1) is 22.1 Å². The molecule has 0 aliphatic carbocycles. The number of nitrogens with zero attached hydrogens (tertiary/aromatic N) is 2. The van der Waals surface area contributed by atoms with Gasteiger partial charge in [-0.05, 0) is 36.4 Å². The first-order valence-electron chi connectivity index (χ1n) is 9.57. The van der Waals surface area contributed by atoms with Crippen molar-refractivity contribution in [3.8, 4) is 0 Å². The zero-order chi connectivity index (χ0) is 22.8. The lowest BCUT2D eigenvalue weighted by molar-refractivity contribution is -0.119. The van der Waals surface area contributed by atoms with Crippen LogP contribution in [0.15, 0.2) is 71.7 Å². The van der Waals surface area contributed by atoms with Crippen LogP contribution in [0.5, 0.6) is 0 Å². The van der Waals surface area contributed by atoms with E-state index >= 15 is 0 Å². The van der Waals surface area contributed by atoms with Crippen molar-refractivity contribution >= 4 is 63.8 Å². The fraction of sp³-hybridized carbons (Fsp3) is 0.0870. The van der Waals surface area contributed by atoms with E-state index in [9.17, 15) is 9.59 Å². The number of benzene rings is 3. The van der Waals surface area contributed by atoms with Crippen LogP contribution >= 0.6 is 34.8 Å². The molecule has 3 amide bonds. The van der Waals surface area contributed by atoms with Crippen molar-refractivity contribution in [2.45, 2.75) is 6.17 Å². The van der Waals surface area contributed by atoms with Crippen LogP contribution in [0.3, 0.4) is 0 Å². The number of likely N-dealkylation sites (N-methyl/N-ethyl adjacent to an activating group) is 1. The number of amides is 3. The number of hydrogen-bond donors (Lipinski definition) is 2. The van der Waals surface area contributed by atoms with Gasteiger partial charge in [0.1, 0.15) is 0 Å². The molecule has 0 bridgehead atoms. The molecule has 0 saturated carbocycles. The van der Waals surface area contributed by atoms with E-state index in [0.717, 1.165) is 5.56 Å². The zero-order valence-corrected chi connectivity index (χ0v) is 19.0. The van der Waals surface area contributed by atoms with Gasteiger partial charge < -0.3 is 15.5 Å². The van der Waals surface area contributed by atoms with E-state index in [1.807, 2.05) is 30.3 Å². The van der Waals surface area contributed by atoms with Crippen molar-refractivity contribution in [3.05, 3.63) is 92.9 Å². The summed E-state index contributed by atoms with van der Waals surface area (Å²) in [5.41, 5.74) is 2.99. The van der Waals surface area contributed by atoms with Crippen molar-refractivity contribution in [2.24, 2.45) is 4.99 Å². The van der Waals surface area contributed by atoms with E-state index in [-0.39, 0.29) is 5.02 Å². The Balaban J connectivity index is 1.71. The molecular formula is C23H17Cl3N4O2. The first-order valence-corrected chi connectivity index (χ1v) is 10.7. The van der Waals surface area contributed by atoms with Crippen LogP contribution in [-0.2, 0) is 4.79 Å². The van der Waals surface area contributed by atoms with E-state index in [1.54, 1.807) is 37.4 Å². The van der Waals surface area contributed by atoms with Crippen LogP contribution in [0.4, 0.5) is 16.2 Å². The highest BCUT2D eigenvalue weighted by Crippen LogP contribution is 2.30. The lowest BCUT2D eigenvalue weighted by Gasteiger charge is -2.21. The molecule has 3 aromatic carbocycles. The van der Waals surface area contributed by atoms with Gasteiger partial charge in [0.15, 0.2) is 0 Å². The molecule has 6 nitrogen and oxygen atoms in total. The molecular weight excluding hydrogens is 471 g/mol. The molecule has 9 heteroatoms. The van der Waals surface area contributed by atoms with Crippen LogP contribution < -0.4 is 15.5 Å². The van der Waals surface area contributed by atoms with Crippen LogP contribution in [0.1, 0.15) is 11.1 Å². The standard InChI is InChI=1S/C23H17Cl3N4O2/c1-30-19-10-8-14(24)11-16(19)20(13-5-3-2-4-6-13)28-21(22(30)31)29-23(32)27-18-9-7-15(25)12-17(18)26/h2-12,21H,1H3,(H2,27,29,32). The molecule has 0 radical (unpaired) electrons. The van der Waals surface area contributed by atoms with E-state index in [0.29, 0.717) is 32.7 Å². The molecule has 3 aromatic rings. The molecule has 0 fully saturated rings. The second-order valence-corrected chi connectivity index (χ2v) is 8.31. The van der Waals surface area contributed by atoms with E-state index in [2.05, 4.69) is 15.6 Å². The number of nitrogens with one attached hydrogen (secondary N) is 2. The summed E-state index contributed by atoms with van der Waals surface area (Å²) in [5, 5.41) is 6.47. The lowest BCUT2D eigenvalue weighted by Crippen LogP contribution is -2.47. The second kappa shape index (κ2) is 9.20. The van der Waals surface area contributed by atoms with Gasteiger partial charge in [-0.15, -0.1) is 0 Å². The highest BCUT2D eigenvalue weighted by atomic mass is 35.5. The van der Waals surface area contributed by atoms with Gasteiger partial charge >= 0.3 is 6.03 Å². The molecule has 4 rings (SSSR count). The van der Waals surface area contributed by atoms with Crippen LogP contribution in [0.2, 0.25) is 15.1 Å². The first-order chi connectivity index (χ1) is 15.3. The normalized spacial score (nSPS) is 15.5. The van der Waals surface area contributed by atoms with E-state index < -0.39 is 18.1 Å². The van der Waals surface area contributed by atoms with Gasteiger partial charge in [-0.25, -0.2) is 9.79 Å². The second-order valence-electron chi connectivity index (χ2n) is 7.03. The lowest BCUT2D eigenvalue weighted by atomic mass is 10.0. The summed E-state index contributed by atoms with van der Waals surface area (Å²) in [4.78, 5) is 31.9. The Hall–Kier alpha value is -3.06. The monoisotopic (exact) mass is 486 g/mol. The number of urea groups is 1. The van der Waals surface area contributed by atoms with E-state index in [4.69, 9.17) is 34.8 Å². The number of aliphatic imine (C=N–C) groups is 1. The smallest absolute Gasteiger partial charge is 0.311 e. The zero-order valence-electron chi connectivity index (χ0n) is 16.8. The topological polar surface area (TPSA) is 73.8 Å². The third kappa shape index (κ3) is 4.58. The molecule has 32 heavy (non-hydrogen) atoms. The van der Waals surface area contributed by atoms with Crippen molar-refractivity contribution < 1.29 is 9.59 Å². The van der Waals surface area contributed by atoms with Crippen LogP contribution in [0, 0.1) is 0 Å². The molecule has 1 atom stereocenters. The minimum absolute atomic E-state index is 0.271. The molecule has 1 unspecified atom stereocenters. The molecule has 0 aromatic heterocycles. The van der Waals surface area contributed by atoms with Crippen LogP contribution in [0.25, 0.3) is 0 Å². The summed E-state index contributed by atoms with van der Waals surface area (Å²) >= 11 is 18.3. The predicted octanol–water partition coefficient (Wildman–Crippen LogP) is 5.61. The summed E-state index contributed by atoms with van der Waals surface area (Å²) in [6, 6.07) is 18.6. The van der Waals surface area contributed by atoms with Crippen molar-refractivity contribution in [1.29, 1.82) is 0 Å². The molecule has 1 heterocycles. The summed E-state index contributed by atoms with van der Waals surface area (Å²) in [6.07, 6.45) is -1.17. The Bertz CT molecular complexity index is 1230. The average molecular weight is 488 g/mol. The van der Waals surface area contributed by atoms with Crippen molar-refractivity contribution in [2.75, 3.05) is 17.3 Å². The maximum absolute atomic E-state index is 13.2. The van der Waals surface area contributed by atoms with Crippen molar-refractivity contribution in [1.82, 2.24) is 5.32 Å². The molecule has 1 aliphatic rings. The van der Waals surface area contributed by atoms with Gasteiger partial charge in [-0.1, -0.05) is 65.1 Å². The summed E-state index contributed by atoms with van der Waals surface area (Å²) in [6.45, 7) is 0. The average Bonchev–Trinajstić information content (AvgIpc) is 2.87. The Morgan fingerprint density at radius 1 is 0.969 bits per heavy atom. The molecule has 0 spiro atoms. The fourth-order valence-electron chi connectivity index (χ4n) is 3.34. The van der Waals surface area contributed by atoms with Gasteiger partial charge in [0.25, 0.3) is 5.91 Å². The molecule has 1 aliphatic heterocycles. The van der Waals surface area contributed by atoms with Crippen LogP contribution in [-0.4, -0.2) is 30.9 Å².